The molecule has 0 aliphatic heterocycles. The van der Waals surface area contributed by atoms with E-state index in [2.05, 4.69) is 4.98 Å². The van der Waals surface area contributed by atoms with Crippen molar-refractivity contribution in [3.05, 3.63) is 64.5 Å². The predicted molar refractivity (Wildman–Crippen MR) is 69.2 cm³/mol. The first-order chi connectivity index (χ1) is 8.66. The zero-order valence-corrected chi connectivity index (χ0v) is 9.46. The van der Waals surface area contributed by atoms with Gasteiger partial charge in [0.05, 0.1) is 0 Å². The van der Waals surface area contributed by atoms with Gasteiger partial charge in [-0.2, -0.15) is 0 Å². The molecular formula is C14H11NO3. The highest BCUT2D eigenvalue weighted by atomic mass is 16.4. The van der Waals surface area contributed by atoms with Crippen molar-refractivity contribution >= 4 is 12.0 Å². The summed E-state index contributed by atoms with van der Waals surface area (Å²) >= 11 is 0. The van der Waals surface area contributed by atoms with Crippen molar-refractivity contribution in [1.29, 1.82) is 0 Å². The zero-order chi connectivity index (χ0) is 13.0. The van der Waals surface area contributed by atoms with Crippen LogP contribution in [-0.2, 0) is 4.79 Å². The minimum atomic E-state index is -1.08. The lowest BCUT2D eigenvalue weighted by molar-refractivity contribution is -0.131. The predicted octanol–water partition coefficient (Wildman–Crippen LogP) is 2.14. The van der Waals surface area contributed by atoms with Gasteiger partial charge in [-0.25, -0.2) is 4.79 Å². The number of aliphatic carboxylic acids is 1. The van der Waals surface area contributed by atoms with E-state index in [4.69, 9.17) is 5.11 Å². The molecule has 2 aromatic rings. The average molecular weight is 241 g/mol. The van der Waals surface area contributed by atoms with E-state index in [0.29, 0.717) is 11.3 Å². The summed E-state index contributed by atoms with van der Waals surface area (Å²) in [6.45, 7) is 0. The maximum absolute atomic E-state index is 11.7. The molecule has 1 aromatic heterocycles. The molecule has 2 rings (SSSR count). The van der Waals surface area contributed by atoms with Crippen LogP contribution in [0.3, 0.4) is 0 Å². The lowest BCUT2D eigenvalue weighted by atomic mass is 10.1. The molecule has 1 heterocycles. The summed E-state index contributed by atoms with van der Waals surface area (Å²) < 4.78 is 0. The number of carboxylic acids is 1. The average Bonchev–Trinajstić information content (AvgIpc) is 2.38. The molecule has 0 bridgehead atoms. The second-order valence-corrected chi connectivity index (χ2v) is 3.69. The summed E-state index contributed by atoms with van der Waals surface area (Å²) in [4.78, 5) is 24.8. The Bertz CT molecular complexity index is 642. The van der Waals surface area contributed by atoms with Crippen LogP contribution in [0.1, 0.15) is 5.56 Å². The maximum atomic E-state index is 11.7. The Balaban J connectivity index is 2.37. The van der Waals surface area contributed by atoms with Crippen molar-refractivity contribution in [2.45, 2.75) is 0 Å². The Morgan fingerprint density at radius 3 is 2.44 bits per heavy atom. The number of pyridine rings is 1. The summed E-state index contributed by atoms with van der Waals surface area (Å²) in [5, 5.41) is 8.50. The quantitative estimate of drug-likeness (QED) is 0.809. The Morgan fingerprint density at radius 1 is 1.11 bits per heavy atom. The van der Waals surface area contributed by atoms with E-state index in [1.807, 2.05) is 30.3 Å². The van der Waals surface area contributed by atoms with Crippen LogP contribution in [0.5, 0.6) is 0 Å². The molecule has 4 heteroatoms. The highest BCUT2D eigenvalue weighted by molar-refractivity contribution is 5.85. The highest BCUT2D eigenvalue weighted by Gasteiger charge is 2.00. The third kappa shape index (κ3) is 2.74. The number of aromatic amines is 1. The molecule has 4 nitrogen and oxygen atoms in total. The molecule has 0 atom stereocenters. The van der Waals surface area contributed by atoms with E-state index in [1.165, 1.54) is 6.08 Å². The third-order valence-electron chi connectivity index (χ3n) is 2.43. The van der Waals surface area contributed by atoms with E-state index >= 15 is 0 Å². The fourth-order valence-electron chi connectivity index (χ4n) is 1.56. The first-order valence-electron chi connectivity index (χ1n) is 5.36. The largest absolute Gasteiger partial charge is 0.478 e. The summed E-state index contributed by atoms with van der Waals surface area (Å²) in [5.41, 5.74) is 1.61. The Kier molecular flexibility index (Phi) is 3.38. The molecule has 0 saturated heterocycles. The SMILES string of the molecule is O=C(O)/C=C/c1ccc(-c2ccccc2)[nH]c1=O. The van der Waals surface area contributed by atoms with Crippen LogP contribution in [0.25, 0.3) is 17.3 Å². The molecule has 0 unspecified atom stereocenters. The van der Waals surface area contributed by atoms with Gasteiger partial charge in [0.15, 0.2) is 0 Å². The lowest BCUT2D eigenvalue weighted by Crippen LogP contribution is -2.09. The number of H-pyrrole nitrogens is 1. The molecule has 90 valence electrons. The molecule has 18 heavy (non-hydrogen) atoms. The van der Waals surface area contributed by atoms with Crippen molar-refractivity contribution < 1.29 is 9.90 Å². The van der Waals surface area contributed by atoms with Crippen LogP contribution in [-0.4, -0.2) is 16.1 Å². The number of rotatable bonds is 3. The van der Waals surface area contributed by atoms with E-state index in [-0.39, 0.29) is 5.56 Å². The number of carbonyl (C=O) groups is 1. The van der Waals surface area contributed by atoms with Crippen LogP contribution in [0.2, 0.25) is 0 Å². The third-order valence-corrected chi connectivity index (χ3v) is 2.43. The fourth-order valence-corrected chi connectivity index (χ4v) is 1.56. The van der Waals surface area contributed by atoms with Crippen LogP contribution < -0.4 is 5.56 Å². The number of benzene rings is 1. The van der Waals surface area contributed by atoms with Gasteiger partial charge in [0.25, 0.3) is 5.56 Å². The van der Waals surface area contributed by atoms with Crippen molar-refractivity contribution in [2.24, 2.45) is 0 Å². The summed E-state index contributed by atoms with van der Waals surface area (Å²) in [6.07, 6.45) is 2.21. The monoisotopic (exact) mass is 241 g/mol. The molecule has 0 saturated carbocycles. The number of carboxylic acid groups (broad SMARTS) is 1. The van der Waals surface area contributed by atoms with Gasteiger partial charge < -0.3 is 10.1 Å². The fraction of sp³-hybridized carbons (Fsp3) is 0. The molecular weight excluding hydrogens is 230 g/mol. The van der Waals surface area contributed by atoms with Gasteiger partial charge in [-0.15, -0.1) is 0 Å². The second-order valence-electron chi connectivity index (χ2n) is 3.69. The van der Waals surface area contributed by atoms with Gasteiger partial charge in [0, 0.05) is 17.3 Å². The first-order valence-corrected chi connectivity index (χ1v) is 5.36. The molecule has 0 radical (unpaired) electrons. The van der Waals surface area contributed by atoms with Gasteiger partial charge >= 0.3 is 5.97 Å². The second kappa shape index (κ2) is 5.14. The Hall–Kier alpha value is -2.62. The van der Waals surface area contributed by atoms with E-state index < -0.39 is 5.97 Å². The first kappa shape index (κ1) is 11.9. The van der Waals surface area contributed by atoms with Crippen LogP contribution in [0.15, 0.2) is 53.3 Å². The van der Waals surface area contributed by atoms with Crippen LogP contribution >= 0.6 is 0 Å². The van der Waals surface area contributed by atoms with Crippen LogP contribution in [0.4, 0.5) is 0 Å². The summed E-state index contributed by atoms with van der Waals surface area (Å²) in [5.74, 6) is -1.08. The smallest absolute Gasteiger partial charge is 0.328 e. The topological polar surface area (TPSA) is 70.2 Å². The molecule has 0 amide bonds. The Morgan fingerprint density at radius 2 is 1.83 bits per heavy atom. The van der Waals surface area contributed by atoms with E-state index in [1.54, 1.807) is 12.1 Å². The van der Waals surface area contributed by atoms with Gasteiger partial charge in [-0.1, -0.05) is 30.3 Å². The number of hydrogen-bond acceptors (Lipinski definition) is 2. The molecule has 1 aromatic carbocycles. The number of hydrogen-bond donors (Lipinski definition) is 2. The van der Waals surface area contributed by atoms with Crippen molar-refractivity contribution in [3.8, 4) is 11.3 Å². The minimum Gasteiger partial charge on any atom is -0.478 e. The van der Waals surface area contributed by atoms with Gasteiger partial charge in [-0.3, -0.25) is 4.79 Å². The number of nitrogens with one attached hydrogen (secondary N) is 1. The molecule has 0 spiro atoms. The van der Waals surface area contributed by atoms with Gasteiger partial charge in [0.1, 0.15) is 0 Å². The summed E-state index contributed by atoms with van der Waals surface area (Å²) in [6, 6.07) is 12.8. The number of aromatic nitrogens is 1. The van der Waals surface area contributed by atoms with E-state index in [9.17, 15) is 9.59 Å². The lowest BCUT2D eigenvalue weighted by Gasteiger charge is -2.01. The molecule has 0 aliphatic rings. The van der Waals surface area contributed by atoms with Crippen molar-refractivity contribution in [3.63, 3.8) is 0 Å². The van der Waals surface area contributed by atoms with Gasteiger partial charge in [0.2, 0.25) is 0 Å². The molecule has 0 aliphatic carbocycles. The van der Waals surface area contributed by atoms with Gasteiger partial charge in [-0.05, 0) is 23.8 Å². The molecule has 0 fully saturated rings. The normalized spacial score (nSPS) is 10.7. The van der Waals surface area contributed by atoms with Crippen LogP contribution in [0, 0.1) is 0 Å². The Labute approximate surface area is 103 Å². The van der Waals surface area contributed by atoms with Crippen molar-refractivity contribution in [1.82, 2.24) is 4.98 Å². The van der Waals surface area contributed by atoms with Crippen molar-refractivity contribution in [2.75, 3.05) is 0 Å². The minimum absolute atomic E-state index is 0.311. The summed E-state index contributed by atoms with van der Waals surface area (Å²) in [7, 11) is 0. The molecule has 2 N–H and O–H groups in total. The highest BCUT2D eigenvalue weighted by Crippen LogP contribution is 2.14. The maximum Gasteiger partial charge on any atom is 0.328 e. The zero-order valence-electron chi connectivity index (χ0n) is 9.46. The standard InChI is InChI=1S/C14H11NO3/c16-13(17)9-7-11-6-8-12(15-14(11)18)10-4-2-1-3-5-10/h1-9H,(H,15,18)(H,16,17)/b9-7+. The van der Waals surface area contributed by atoms with E-state index in [0.717, 1.165) is 11.6 Å².